The third-order valence-corrected chi connectivity index (χ3v) is 5.18. The number of fused-ring (bicyclic) bond motifs is 1. The zero-order valence-corrected chi connectivity index (χ0v) is 17.9. The summed E-state index contributed by atoms with van der Waals surface area (Å²) in [6.45, 7) is 9.83. The Labute approximate surface area is 173 Å². The Hall–Kier alpha value is -2.58. The number of carbonyl (C=O) groups is 1. The first kappa shape index (κ1) is 21.1. The molecule has 3 rings (SSSR count). The second-order valence-electron chi connectivity index (χ2n) is 8.39. The molecule has 29 heavy (non-hydrogen) atoms. The van der Waals surface area contributed by atoms with Crippen molar-refractivity contribution in [2.45, 2.75) is 47.0 Å². The van der Waals surface area contributed by atoms with Crippen LogP contribution in [0.25, 0.3) is 16.6 Å². The van der Waals surface area contributed by atoms with E-state index in [2.05, 4.69) is 47.8 Å². The lowest BCUT2D eigenvalue weighted by Crippen LogP contribution is -2.37. The Kier molecular flexibility index (Phi) is 6.76. The first-order valence-corrected chi connectivity index (χ1v) is 10.5. The summed E-state index contributed by atoms with van der Waals surface area (Å²) in [5.74, 6) is 6.82. The number of aromatic amines is 1. The number of hydrogen-bond acceptors (Lipinski definition) is 3. The largest absolute Gasteiger partial charge is 0.395 e. The predicted molar refractivity (Wildman–Crippen MR) is 117 cm³/mol. The maximum Gasteiger partial charge on any atom is 0.225 e. The number of pyridine rings is 1. The molecule has 0 radical (unpaired) electrons. The van der Waals surface area contributed by atoms with E-state index < -0.39 is 0 Å². The molecule has 0 atom stereocenters. The predicted octanol–water partition coefficient (Wildman–Crippen LogP) is 3.77. The highest BCUT2D eigenvalue weighted by Crippen LogP contribution is 2.32. The molecule has 0 saturated heterocycles. The van der Waals surface area contributed by atoms with Crippen LogP contribution in [0, 0.1) is 23.7 Å². The van der Waals surface area contributed by atoms with Crippen LogP contribution in [0.5, 0.6) is 0 Å². The number of nitrogens with one attached hydrogen (secondary N) is 1. The topological polar surface area (TPSA) is 69.2 Å². The molecule has 0 saturated carbocycles. The molecule has 5 heteroatoms. The molecule has 154 valence electrons. The fourth-order valence-corrected chi connectivity index (χ4v) is 3.77. The number of rotatable bonds is 5. The summed E-state index contributed by atoms with van der Waals surface area (Å²) in [5, 5.41) is 10.1. The minimum Gasteiger partial charge on any atom is -0.395 e. The van der Waals surface area contributed by atoms with Gasteiger partial charge in [-0.1, -0.05) is 45.6 Å². The average Bonchev–Trinajstić information content (AvgIpc) is 3.05. The van der Waals surface area contributed by atoms with E-state index >= 15 is 0 Å². The van der Waals surface area contributed by atoms with Crippen LogP contribution >= 0.6 is 0 Å². The van der Waals surface area contributed by atoms with E-state index in [1.165, 1.54) is 11.1 Å². The van der Waals surface area contributed by atoms with E-state index in [-0.39, 0.29) is 18.4 Å². The molecule has 0 fully saturated rings. The van der Waals surface area contributed by atoms with Crippen molar-refractivity contribution < 1.29 is 9.90 Å². The van der Waals surface area contributed by atoms with Crippen molar-refractivity contribution in [2.75, 3.05) is 19.7 Å². The van der Waals surface area contributed by atoms with Gasteiger partial charge in [0, 0.05) is 48.3 Å². The summed E-state index contributed by atoms with van der Waals surface area (Å²) in [7, 11) is 0. The Morgan fingerprint density at radius 1 is 1.34 bits per heavy atom. The van der Waals surface area contributed by atoms with Gasteiger partial charge in [0.15, 0.2) is 0 Å². The van der Waals surface area contributed by atoms with Gasteiger partial charge < -0.3 is 15.0 Å². The standard InChI is InChI=1S/C24H31N3O2/c1-16(2)13-20-21-14-18(7-5-6-12-28)15-25-23(21)26-22(20)19-8-10-27(11-9-19)24(29)17(3)4/h8,14-17,28H,6,9-13H2,1-4H3,(H,25,26). The molecule has 2 aromatic heterocycles. The van der Waals surface area contributed by atoms with Crippen LogP contribution in [0.3, 0.4) is 0 Å². The summed E-state index contributed by atoms with van der Waals surface area (Å²) < 4.78 is 0. The zero-order chi connectivity index (χ0) is 21.0. The van der Waals surface area contributed by atoms with Crippen LogP contribution in [0.1, 0.15) is 57.4 Å². The van der Waals surface area contributed by atoms with E-state index in [4.69, 9.17) is 5.11 Å². The van der Waals surface area contributed by atoms with Crippen molar-refractivity contribution in [3.8, 4) is 11.8 Å². The number of carbonyl (C=O) groups excluding carboxylic acids is 1. The lowest BCUT2D eigenvalue weighted by atomic mass is 9.94. The highest BCUT2D eigenvalue weighted by atomic mass is 16.2. The Morgan fingerprint density at radius 3 is 2.76 bits per heavy atom. The van der Waals surface area contributed by atoms with Gasteiger partial charge in [-0.15, -0.1) is 0 Å². The minimum absolute atomic E-state index is 0.0316. The quantitative estimate of drug-likeness (QED) is 0.760. The van der Waals surface area contributed by atoms with Gasteiger partial charge in [0.1, 0.15) is 5.65 Å². The second-order valence-corrected chi connectivity index (χ2v) is 8.39. The lowest BCUT2D eigenvalue weighted by molar-refractivity contribution is -0.134. The molecular weight excluding hydrogens is 362 g/mol. The second kappa shape index (κ2) is 9.28. The zero-order valence-electron chi connectivity index (χ0n) is 17.9. The van der Waals surface area contributed by atoms with Gasteiger partial charge in [0.05, 0.1) is 6.61 Å². The van der Waals surface area contributed by atoms with E-state index in [1.54, 1.807) is 6.20 Å². The van der Waals surface area contributed by atoms with Crippen LogP contribution < -0.4 is 0 Å². The van der Waals surface area contributed by atoms with Gasteiger partial charge in [-0.2, -0.15) is 0 Å². The van der Waals surface area contributed by atoms with Crippen LogP contribution in [0.2, 0.25) is 0 Å². The summed E-state index contributed by atoms with van der Waals surface area (Å²) >= 11 is 0. The molecule has 1 amide bonds. The van der Waals surface area contributed by atoms with Gasteiger partial charge in [0.25, 0.3) is 0 Å². The van der Waals surface area contributed by atoms with E-state index in [0.717, 1.165) is 41.7 Å². The molecular formula is C24H31N3O2. The van der Waals surface area contributed by atoms with E-state index in [0.29, 0.717) is 18.9 Å². The van der Waals surface area contributed by atoms with Crippen molar-refractivity contribution >= 4 is 22.5 Å². The van der Waals surface area contributed by atoms with Gasteiger partial charge in [-0.3, -0.25) is 4.79 Å². The Balaban J connectivity index is 1.97. The lowest BCUT2D eigenvalue weighted by Gasteiger charge is -2.28. The smallest absolute Gasteiger partial charge is 0.225 e. The van der Waals surface area contributed by atoms with Gasteiger partial charge in [-0.05, 0) is 36.0 Å². The molecule has 0 spiro atoms. The van der Waals surface area contributed by atoms with Crippen molar-refractivity contribution in [2.24, 2.45) is 11.8 Å². The molecule has 2 N–H and O–H groups in total. The molecule has 1 aliphatic heterocycles. The maximum absolute atomic E-state index is 12.3. The van der Waals surface area contributed by atoms with Crippen molar-refractivity contribution in [3.05, 3.63) is 35.2 Å². The summed E-state index contributed by atoms with van der Waals surface area (Å²) in [5.41, 5.74) is 5.44. The number of hydrogen-bond donors (Lipinski definition) is 2. The minimum atomic E-state index is 0.0316. The van der Waals surface area contributed by atoms with Crippen LogP contribution in [0.4, 0.5) is 0 Å². The monoisotopic (exact) mass is 393 g/mol. The number of aliphatic hydroxyl groups excluding tert-OH is 1. The summed E-state index contributed by atoms with van der Waals surface area (Å²) in [6, 6.07) is 2.10. The highest BCUT2D eigenvalue weighted by Gasteiger charge is 2.23. The summed E-state index contributed by atoms with van der Waals surface area (Å²) in [6.07, 6.45) is 6.23. The van der Waals surface area contributed by atoms with Gasteiger partial charge in [-0.25, -0.2) is 4.98 Å². The molecule has 0 aliphatic carbocycles. The third kappa shape index (κ3) is 4.89. The van der Waals surface area contributed by atoms with E-state index in [9.17, 15) is 4.79 Å². The number of nitrogens with zero attached hydrogens (tertiary/aromatic N) is 2. The molecule has 2 aromatic rings. The fourth-order valence-electron chi connectivity index (χ4n) is 3.77. The van der Waals surface area contributed by atoms with Crippen LogP contribution in [-0.2, 0) is 11.2 Å². The molecule has 0 aromatic carbocycles. The van der Waals surface area contributed by atoms with E-state index in [1.807, 2.05) is 18.7 Å². The highest BCUT2D eigenvalue weighted by molar-refractivity contribution is 5.88. The molecule has 0 bridgehead atoms. The molecule has 1 aliphatic rings. The first-order chi connectivity index (χ1) is 13.9. The number of aromatic nitrogens is 2. The van der Waals surface area contributed by atoms with Crippen molar-refractivity contribution in [1.82, 2.24) is 14.9 Å². The number of amides is 1. The Bertz CT molecular complexity index is 973. The molecule has 5 nitrogen and oxygen atoms in total. The third-order valence-electron chi connectivity index (χ3n) is 5.18. The molecule has 3 heterocycles. The number of H-pyrrole nitrogens is 1. The Morgan fingerprint density at radius 2 is 2.14 bits per heavy atom. The normalized spacial score (nSPS) is 14.3. The molecule has 0 unspecified atom stereocenters. The van der Waals surface area contributed by atoms with Gasteiger partial charge in [0.2, 0.25) is 5.91 Å². The average molecular weight is 394 g/mol. The maximum atomic E-state index is 12.3. The fraction of sp³-hybridized carbons (Fsp3) is 0.500. The van der Waals surface area contributed by atoms with Crippen molar-refractivity contribution in [3.63, 3.8) is 0 Å². The SMILES string of the molecule is CC(C)Cc1c(C2=CCN(C(=O)C(C)C)CC2)[nH]c2ncc(C#CCCO)cc12. The summed E-state index contributed by atoms with van der Waals surface area (Å²) in [4.78, 5) is 22.4. The van der Waals surface area contributed by atoms with Crippen LogP contribution in [-0.4, -0.2) is 45.6 Å². The number of aliphatic hydroxyl groups is 1. The van der Waals surface area contributed by atoms with Gasteiger partial charge >= 0.3 is 0 Å². The first-order valence-electron chi connectivity index (χ1n) is 10.5. The van der Waals surface area contributed by atoms with Crippen LogP contribution in [0.15, 0.2) is 18.3 Å². The van der Waals surface area contributed by atoms with Crippen molar-refractivity contribution in [1.29, 1.82) is 0 Å².